The molecule has 0 spiro atoms. The molecule has 106 valence electrons. The molecule has 1 aliphatic heterocycles. The van der Waals surface area contributed by atoms with E-state index in [1.54, 1.807) is 0 Å². The van der Waals surface area contributed by atoms with E-state index in [2.05, 4.69) is 37.6 Å². The predicted octanol–water partition coefficient (Wildman–Crippen LogP) is 3.51. The lowest BCUT2D eigenvalue weighted by Gasteiger charge is -2.45. The normalized spacial score (nSPS) is 31.8. The standard InChI is InChI=1S/C16H32N2/c1-16(2,3)17(4)14-9-8-10-15(13-14)18-11-6-5-7-12-18/h14-15H,5-13H2,1-4H3/t14-,15+/m0/s1. The molecule has 2 aliphatic rings. The fraction of sp³-hybridized carbons (Fsp3) is 1.00. The van der Waals surface area contributed by atoms with Crippen molar-refractivity contribution < 1.29 is 0 Å². The summed E-state index contributed by atoms with van der Waals surface area (Å²) in [7, 11) is 2.32. The van der Waals surface area contributed by atoms with Crippen LogP contribution in [0.15, 0.2) is 0 Å². The quantitative estimate of drug-likeness (QED) is 0.742. The number of nitrogens with zero attached hydrogens (tertiary/aromatic N) is 2. The van der Waals surface area contributed by atoms with E-state index in [0.29, 0.717) is 5.54 Å². The lowest BCUT2D eigenvalue weighted by molar-refractivity contribution is 0.0444. The minimum absolute atomic E-state index is 0.314. The van der Waals surface area contributed by atoms with Gasteiger partial charge in [-0.05, 0) is 73.0 Å². The summed E-state index contributed by atoms with van der Waals surface area (Å²) in [6, 6.07) is 1.67. The largest absolute Gasteiger partial charge is 0.300 e. The molecular formula is C16H32N2. The van der Waals surface area contributed by atoms with Crippen LogP contribution in [0.3, 0.4) is 0 Å². The van der Waals surface area contributed by atoms with Crippen LogP contribution in [-0.4, -0.2) is 47.6 Å². The highest BCUT2D eigenvalue weighted by Gasteiger charge is 2.32. The predicted molar refractivity (Wildman–Crippen MR) is 79.0 cm³/mol. The minimum atomic E-state index is 0.314. The number of hydrogen-bond acceptors (Lipinski definition) is 2. The molecule has 2 nitrogen and oxygen atoms in total. The van der Waals surface area contributed by atoms with Gasteiger partial charge in [0, 0.05) is 17.6 Å². The third kappa shape index (κ3) is 3.48. The molecule has 2 atom stereocenters. The van der Waals surface area contributed by atoms with Crippen LogP contribution in [0.25, 0.3) is 0 Å². The SMILES string of the molecule is CN([C@H]1CCC[C@@H](N2CCCCC2)C1)C(C)(C)C. The summed E-state index contributed by atoms with van der Waals surface area (Å²) in [6.07, 6.45) is 9.97. The Kier molecular flexibility index (Phi) is 4.71. The average molecular weight is 252 g/mol. The Balaban J connectivity index is 1.91. The maximum atomic E-state index is 2.78. The summed E-state index contributed by atoms with van der Waals surface area (Å²) in [4.78, 5) is 5.40. The highest BCUT2D eigenvalue weighted by Crippen LogP contribution is 2.30. The Labute approximate surface area is 114 Å². The second-order valence-electron chi connectivity index (χ2n) is 7.35. The van der Waals surface area contributed by atoms with Gasteiger partial charge in [-0.2, -0.15) is 0 Å². The van der Waals surface area contributed by atoms with Crippen molar-refractivity contribution in [2.75, 3.05) is 20.1 Å². The molecule has 0 N–H and O–H groups in total. The Morgan fingerprint density at radius 1 is 0.944 bits per heavy atom. The fourth-order valence-electron chi connectivity index (χ4n) is 3.65. The monoisotopic (exact) mass is 252 g/mol. The van der Waals surface area contributed by atoms with Crippen molar-refractivity contribution in [2.24, 2.45) is 0 Å². The third-order valence-corrected chi connectivity index (χ3v) is 5.13. The van der Waals surface area contributed by atoms with Crippen LogP contribution in [0, 0.1) is 0 Å². The first-order valence-electron chi connectivity index (χ1n) is 7.95. The molecular weight excluding hydrogens is 220 g/mol. The van der Waals surface area contributed by atoms with Gasteiger partial charge >= 0.3 is 0 Å². The van der Waals surface area contributed by atoms with Crippen LogP contribution in [0.1, 0.15) is 65.7 Å². The average Bonchev–Trinajstić information content (AvgIpc) is 2.38. The molecule has 2 fully saturated rings. The van der Waals surface area contributed by atoms with Gasteiger partial charge in [0.15, 0.2) is 0 Å². The first kappa shape index (κ1) is 14.3. The summed E-state index contributed by atoms with van der Waals surface area (Å²) in [5.41, 5.74) is 0.314. The van der Waals surface area contributed by atoms with E-state index >= 15 is 0 Å². The lowest BCUT2D eigenvalue weighted by atomic mass is 9.86. The van der Waals surface area contributed by atoms with E-state index in [0.717, 1.165) is 12.1 Å². The van der Waals surface area contributed by atoms with Crippen molar-refractivity contribution in [3.63, 3.8) is 0 Å². The van der Waals surface area contributed by atoms with Crippen molar-refractivity contribution in [3.05, 3.63) is 0 Å². The van der Waals surface area contributed by atoms with Crippen molar-refractivity contribution in [3.8, 4) is 0 Å². The molecule has 0 aromatic rings. The second kappa shape index (κ2) is 5.92. The summed E-state index contributed by atoms with van der Waals surface area (Å²) in [6.45, 7) is 9.75. The second-order valence-corrected chi connectivity index (χ2v) is 7.35. The Hall–Kier alpha value is -0.0800. The van der Waals surface area contributed by atoms with E-state index in [1.165, 1.54) is 58.0 Å². The molecule has 2 heteroatoms. The molecule has 1 aliphatic carbocycles. The molecule has 1 heterocycles. The van der Waals surface area contributed by atoms with Gasteiger partial charge in [-0.3, -0.25) is 4.90 Å². The molecule has 18 heavy (non-hydrogen) atoms. The first-order chi connectivity index (χ1) is 8.48. The van der Waals surface area contributed by atoms with Crippen LogP contribution in [-0.2, 0) is 0 Å². The van der Waals surface area contributed by atoms with E-state index < -0.39 is 0 Å². The lowest BCUT2D eigenvalue weighted by Crippen LogP contribution is -2.51. The summed E-state index contributed by atoms with van der Waals surface area (Å²) in [5.74, 6) is 0. The van der Waals surface area contributed by atoms with Gasteiger partial charge in [-0.25, -0.2) is 0 Å². The topological polar surface area (TPSA) is 6.48 Å². The summed E-state index contributed by atoms with van der Waals surface area (Å²) < 4.78 is 0. The van der Waals surface area contributed by atoms with Gasteiger partial charge in [-0.15, -0.1) is 0 Å². The first-order valence-corrected chi connectivity index (χ1v) is 7.95. The van der Waals surface area contributed by atoms with E-state index in [9.17, 15) is 0 Å². The Bertz CT molecular complexity index is 250. The molecule has 0 aromatic heterocycles. The van der Waals surface area contributed by atoms with Crippen LogP contribution in [0.5, 0.6) is 0 Å². The van der Waals surface area contributed by atoms with Crippen molar-refractivity contribution in [2.45, 2.75) is 83.3 Å². The molecule has 0 unspecified atom stereocenters. The van der Waals surface area contributed by atoms with Gasteiger partial charge < -0.3 is 4.90 Å². The van der Waals surface area contributed by atoms with E-state index in [-0.39, 0.29) is 0 Å². The van der Waals surface area contributed by atoms with Gasteiger partial charge in [-0.1, -0.05) is 12.8 Å². The van der Waals surface area contributed by atoms with Crippen LogP contribution in [0.4, 0.5) is 0 Å². The van der Waals surface area contributed by atoms with E-state index in [1.807, 2.05) is 0 Å². The highest BCUT2D eigenvalue weighted by atomic mass is 15.2. The molecule has 2 rings (SSSR count). The maximum Gasteiger partial charge on any atom is 0.0124 e. The minimum Gasteiger partial charge on any atom is -0.300 e. The van der Waals surface area contributed by atoms with Crippen molar-refractivity contribution in [1.82, 2.24) is 9.80 Å². The zero-order valence-corrected chi connectivity index (χ0v) is 12.9. The Morgan fingerprint density at radius 3 is 2.22 bits per heavy atom. The fourth-order valence-corrected chi connectivity index (χ4v) is 3.65. The Morgan fingerprint density at radius 2 is 1.61 bits per heavy atom. The zero-order chi connectivity index (χ0) is 13.2. The molecule has 1 saturated carbocycles. The number of piperidine rings is 1. The highest BCUT2D eigenvalue weighted by molar-refractivity contribution is 4.89. The van der Waals surface area contributed by atoms with Crippen molar-refractivity contribution in [1.29, 1.82) is 0 Å². The molecule has 0 aromatic carbocycles. The molecule has 1 saturated heterocycles. The van der Waals surface area contributed by atoms with Gasteiger partial charge in [0.05, 0.1) is 0 Å². The van der Waals surface area contributed by atoms with E-state index in [4.69, 9.17) is 0 Å². The van der Waals surface area contributed by atoms with Gasteiger partial charge in [0.25, 0.3) is 0 Å². The molecule has 0 radical (unpaired) electrons. The van der Waals surface area contributed by atoms with Gasteiger partial charge in [0.1, 0.15) is 0 Å². The van der Waals surface area contributed by atoms with Crippen LogP contribution in [0.2, 0.25) is 0 Å². The zero-order valence-electron chi connectivity index (χ0n) is 12.9. The molecule has 0 amide bonds. The molecule has 0 bridgehead atoms. The van der Waals surface area contributed by atoms with Crippen LogP contribution < -0.4 is 0 Å². The number of likely N-dealkylation sites (tertiary alicyclic amines) is 1. The van der Waals surface area contributed by atoms with Gasteiger partial charge in [0.2, 0.25) is 0 Å². The van der Waals surface area contributed by atoms with Crippen molar-refractivity contribution >= 4 is 0 Å². The number of hydrogen-bond donors (Lipinski definition) is 0. The number of rotatable bonds is 2. The maximum absolute atomic E-state index is 2.78. The third-order valence-electron chi connectivity index (χ3n) is 5.13. The summed E-state index contributed by atoms with van der Waals surface area (Å²) >= 11 is 0. The summed E-state index contributed by atoms with van der Waals surface area (Å²) in [5, 5.41) is 0. The smallest absolute Gasteiger partial charge is 0.0124 e. The van der Waals surface area contributed by atoms with Crippen LogP contribution >= 0.6 is 0 Å².